The van der Waals surface area contributed by atoms with Gasteiger partial charge in [0.25, 0.3) is 0 Å². The van der Waals surface area contributed by atoms with Crippen LogP contribution in [0.1, 0.15) is 5.56 Å². The monoisotopic (exact) mass is 244 g/mol. The van der Waals surface area contributed by atoms with E-state index in [-0.39, 0.29) is 0 Å². The molecule has 0 fully saturated rings. The first kappa shape index (κ1) is 9.82. The molecule has 0 atom stereocenters. The number of hydrogen-bond donors (Lipinski definition) is 0. The third-order valence-corrected chi connectivity index (χ3v) is 2.17. The number of allylic oxidation sites excluding steroid dienone is 2. The van der Waals surface area contributed by atoms with Crippen LogP contribution in [0.3, 0.4) is 0 Å². The Kier molecular flexibility index (Phi) is 4.41. The van der Waals surface area contributed by atoms with Crippen LogP contribution in [-0.4, -0.2) is 5.88 Å². The zero-order chi connectivity index (χ0) is 8.81. The van der Waals surface area contributed by atoms with Gasteiger partial charge in [0, 0.05) is 10.4 Å². The molecule has 0 saturated carbocycles. The summed E-state index contributed by atoms with van der Waals surface area (Å²) in [5.74, 6) is 0.591. The van der Waals surface area contributed by atoms with Gasteiger partial charge in [0.05, 0.1) is 0 Å². The van der Waals surface area contributed by atoms with E-state index in [0.717, 1.165) is 10.9 Å². The molecule has 1 aromatic rings. The Morgan fingerprint density at radius 2 is 2.17 bits per heavy atom. The van der Waals surface area contributed by atoms with Crippen molar-refractivity contribution in [3.8, 4) is 0 Å². The van der Waals surface area contributed by atoms with Crippen LogP contribution in [0.15, 0.2) is 40.9 Å². The second-order valence-electron chi connectivity index (χ2n) is 2.46. The molecular weight excluding hydrogens is 235 g/mol. The first-order chi connectivity index (χ1) is 5.83. The Labute approximate surface area is 86.4 Å². The highest BCUT2D eigenvalue weighted by Gasteiger charge is 1.89. The van der Waals surface area contributed by atoms with E-state index in [1.54, 1.807) is 0 Å². The average Bonchev–Trinajstić information content (AvgIpc) is 2.05. The molecule has 0 aliphatic rings. The predicted octanol–water partition coefficient (Wildman–Crippen LogP) is 3.79. The van der Waals surface area contributed by atoms with Crippen LogP contribution in [0.25, 0.3) is 0 Å². The molecule has 0 aliphatic heterocycles. The summed E-state index contributed by atoms with van der Waals surface area (Å²) >= 11 is 8.92. The Morgan fingerprint density at radius 3 is 2.83 bits per heavy atom. The van der Waals surface area contributed by atoms with Crippen LogP contribution < -0.4 is 0 Å². The topological polar surface area (TPSA) is 0 Å². The lowest BCUT2D eigenvalue weighted by Gasteiger charge is -1.95. The van der Waals surface area contributed by atoms with Crippen molar-refractivity contribution >= 4 is 27.5 Å². The standard InChI is InChI=1S/C10H10BrCl/c11-10-6-3-5-9(8-10)4-1-2-7-12/h1-3,5-6,8H,4,7H2/b2-1+. The summed E-state index contributed by atoms with van der Waals surface area (Å²) in [5, 5.41) is 0. The normalized spacial score (nSPS) is 10.8. The minimum atomic E-state index is 0.591. The van der Waals surface area contributed by atoms with Gasteiger partial charge in [-0.3, -0.25) is 0 Å². The van der Waals surface area contributed by atoms with Crippen LogP contribution >= 0.6 is 27.5 Å². The minimum Gasteiger partial charge on any atom is -0.122 e. The fourth-order valence-corrected chi connectivity index (χ4v) is 1.52. The molecular formula is C10H10BrCl. The molecule has 0 bridgehead atoms. The molecule has 0 saturated heterocycles. The number of rotatable bonds is 3. The van der Waals surface area contributed by atoms with Crippen molar-refractivity contribution in [1.82, 2.24) is 0 Å². The Balaban J connectivity index is 2.57. The summed E-state index contributed by atoms with van der Waals surface area (Å²) in [7, 11) is 0. The number of benzene rings is 1. The van der Waals surface area contributed by atoms with Crippen LogP contribution in [0.5, 0.6) is 0 Å². The van der Waals surface area contributed by atoms with E-state index < -0.39 is 0 Å². The molecule has 0 amide bonds. The maximum Gasteiger partial charge on any atom is 0.0404 e. The van der Waals surface area contributed by atoms with Gasteiger partial charge in [0.1, 0.15) is 0 Å². The van der Waals surface area contributed by atoms with Gasteiger partial charge in [0.15, 0.2) is 0 Å². The molecule has 0 aromatic heterocycles. The highest BCUT2D eigenvalue weighted by Crippen LogP contribution is 2.12. The van der Waals surface area contributed by atoms with Crippen LogP contribution in [0.2, 0.25) is 0 Å². The fraction of sp³-hybridized carbons (Fsp3) is 0.200. The largest absolute Gasteiger partial charge is 0.122 e. The van der Waals surface area contributed by atoms with E-state index in [9.17, 15) is 0 Å². The van der Waals surface area contributed by atoms with Gasteiger partial charge < -0.3 is 0 Å². The summed E-state index contributed by atoms with van der Waals surface area (Å²) < 4.78 is 1.12. The highest BCUT2D eigenvalue weighted by atomic mass is 79.9. The maximum absolute atomic E-state index is 5.50. The van der Waals surface area contributed by atoms with Crippen LogP contribution in [0, 0.1) is 0 Å². The fourth-order valence-electron chi connectivity index (χ4n) is 0.946. The zero-order valence-electron chi connectivity index (χ0n) is 6.63. The molecule has 2 heteroatoms. The maximum atomic E-state index is 5.50. The van der Waals surface area contributed by atoms with Crippen molar-refractivity contribution in [3.05, 3.63) is 46.5 Å². The molecule has 12 heavy (non-hydrogen) atoms. The summed E-state index contributed by atoms with van der Waals surface area (Å²) in [6.07, 6.45) is 4.99. The second-order valence-corrected chi connectivity index (χ2v) is 3.68. The first-order valence-electron chi connectivity index (χ1n) is 3.78. The lowest BCUT2D eigenvalue weighted by Crippen LogP contribution is -1.79. The average molecular weight is 246 g/mol. The number of alkyl halides is 1. The summed E-state index contributed by atoms with van der Waals surface area (Å²) in [5.41, 5.74) is 1.30. The van der Waals surface area contributed by atoms with E-state index in [0.29, 0.717) is 5.88 Å². The van der Waals surface area contributed by atoms with Gasteiger partial charge in [-0.25, -0.2) is 0 Å². The van der Waals surface area contributed by atoms with Gasteiger partial charge in [-0.15, -0.1) is 11.6 Å². The number of halogens is 2. The van der Waals surface area contributed by atoms with Crippen molar-refractivity contribution in [2.45, 2.75) is 6.42 Å². The SMILES string of the molecule is ClC/C=C/Cc1cccc(Br)c1. The van der Waals surface area contributed by atoms with E-state index in [2.05, 4.69) is 34.1 Å². The van der Waals surface area contributed by atoms with Gasteiger partial charge in [0.2, 0.25) is 0 Å². The lowest BCUT2D eigenvalue weighted by atomic mass is 10.1. The van der Waals surface area contributed by atoms with Crippen molar-refractivity contribution < 1.29 is 0 Å². The van der Waals surface area contributed by atoms with Crippen LogP contribution in [-0.2, 0) is 6.42 Å². The highest BCUT2D eigenvalue weighted by molar-refractivity contribution is 9.10. The molecule has 0 radical (unpaired) electrons. The summed E-state index contributed by atoms with van der Waals surface area (Å²) in [4.78, 5) is 0. The third-order valence-electron chi connectivity index (χ3n) is 1.50. The van der Waals surface area contributed by atoms with E-state index in [4.69, 9.17) is 11.6 Å². The first-order valence-corrected chi connectivity index (χ1v) is 5.11. The number of hydrogen-bond acceptors (Lipinski definition) is 0. The molecule has 0 aliphatic carbocycles. The van der Waals surface area contributed by atoms with Gasteiger partial charge in [-0.05, 0) is 24.1 Å². The lowest BCUT2D eigenvalue weighted by molar-refractivity contribution is 1.26. The molecule has 0 heterocycles. The van der Waals surface area contributed by atoms with Crippen molar-refractivity contribution in [2.24, 2.45) is 0 Å². The molecule has 1 aromatic carbocycles. The summed E-state index contributed by atoms with van der Waals surface area (Å²) in [6.45, 7) is 0. The van der Waals surface area contributed by atoms with Crippen molar-refractivity contribution in [1.29, 1.82) is 0 Å². The zero-order valence-corrected chi connectivity index (χ0v) is 8.98. The Morgan fingerprint density at radius 1 is 1.33 bits per heavy atom. The minimum absolute atomic E-state index is 0.591. The van der Waals surface area contributed by atoms with Gasteiger partial charge >= 0.3 is 0 Å². The molecule has 0 spiro atoms. The smallest absolute Gasteiger partial charge is 0.0404 e. The Bertz CT molecular complexity index is 268. The van der Waals surface area contributed by atoms with Crippen molar-refractivity contribution in [2.75, 3.05) is 5.88 Å². The van der Waals surface area contributed by atoms with Gasteiger partial charge in [-0.1, -0.05) is 40.2 Å². The van der Waals surface area contributed by atoms with E-state index in [1.807, 2.05) is 18.2 Å². The molecule has 1 rings (SSSR count). The molecule has 0 N–H and O–H groups in total. The van der Waals surface area contributed by atoms with E-state index >= 15 is 0 Å². The van der Waals surface area contributed by atoms with E-state index in [1.165, 1.54) is 5.56 Å². The second kappa shape index (κ2) is 5.39. The van der Waals surface area contributed by atoms with Gasteiger partial charge in [-0.2, -0.15) is 0 Å². The van der Waals surface area contributed by atoms with Crippen LogP contribution in [0.4, 0.5) is 0 Å². The summed E-state index contributed by atoms with van der Waals surface area (Å²) in [6, 6.07) is 8.27. The van der Waals surface area contributed by atoms with Crippen molar-refractivity contribution in [3.63, 3.8) is 0 Å². The predicted molar refractivity (Wildman–Crippen MR) is 57.7 cm³/mol. The Hall–Kier alpha value is -0.270. The quantitative estimate of drug-likeness (QED) is 0.561. The third kappa shape index (κ3) is 3.42. The molecule has 0 unspecified atom stereocenters. The molecule has 64 valence electrons. The molecule has 0 nitrogen and oxygen atoms in total.